The first kappa shape index (κ1) is 5.04. The molecular formula is C15H21N3O. The molecule has 0 aliphatic carbocycles. The van der Waals surface area contributed by atoms with E-state index in [0.717, 1.165) is 0 Å². The fourth-order valence-electron chi connectivity index (χ4n) is 1.50. The summed E-state index contributed by atoms with van der Waals surface area (Å²) in [5, 5.41) is 3.54. The Morgan fingerprint density at radius 2 is 2.32 bits per heavy atom. The van der Waals surface area contributed by atoms with Crippen molar-refractivity contribution in [1.29, 1.82) is 0 Å². The Balaban J connectivity index is 2.52. The molecule has 4 nitrogen and oxygen atoms in total. The Kier molecular flexibility index (Phi) is 1.72. The molecular weight excluding hydrogens is 238 g/mol. The quantitative estimate of drug-likeness (QED) is 0.806. The van der Waals surface area contributed by atoms with Crippen LogP contribution in [0.25, 0.3) is 0 Å². The van der Waals surface area contributed by atoms with Gasteiger partial charge in [-0.2, -0.15) is 5.10 Å². The maximum atomic E-state index is 8.90. The fraction of sp³-hybridized carbons (Fsp3) is 0.400. The number of rotatable bonds is 6. The number of hydrogen-bond donors (Lipinski definition) is 0. The van der Waals surface area contributed by atoms with E-state index in [1.165, 1.54) is 12.1 Å². The second-order valence-corrected chi connectivity index (χ2v) is 3.69. The van der Waals surface area contributed by atoms with Crippen molar-refractivity contribution in [3.05, 3.63) is 53.8 Å². The van der Waals surface area contributed by atoms with Crippen molar-refractivity contribution < 1.29 is 21.2 Å². The number of aryl methyl sites for hydroxylation is 1. The Bertz CT molecular complexity index is 876. The SMILES string of the molecule is [2H]c1nn(C([2H])([2H])[2H])c(C([2H])(OCCN(C([2H])([2H])[2H])C([2H])([2H])[2H])c2ccccc2)c1[2H]. The normalized spacial score (nSPS) is 25.7. The minimum absolute atomic E-state index is 0.0863. The molecule has 2 rings (SSSR count). The maximum absolute atomic E-state index is 8.90. The van der Waals surface area contributed by atoms with Crippen molar-refractivity contribution in [3.63, 3.8) is 0 Å². The number of nitrogens with zero attached hydrogens (tertiary/aromatic N) is 3. The first-order valence-corrected chi connectivity index (χ1v) is 5.54. The lowest BCUT2D eigenvalue weighted by Crippen LogP contribution is -2.20. The average Bonchev–Trinajstić information content (AvgIpc) is 2.93. The van der Waals surface area contributed by atoms with E-state index in [4.69, 9.17) is 21.2 Å². The molecule has 0 N–H and O–H groups in total. The lowest BCUT2D eigenvalue weighted by molar-refractivity contribution is 0.0638. The predicted molar refractivity (Wildman–Crippen MR) is 76.0 cm³/mol. The highest BCUT2D eigenvalue weighted by atomic mass is 16.5. The van der Waals surface area contributed by atoms with Crippen LogP contribution >= 0.6 is 0 Å². The molecule has 0 fully saturated rings. The third-order valence-corrected chi connectivity index (χ3v) is 2.35. The molecule has 1 aromatic heterocycles. The van der Waals surface area contributed by atoms with Gasteiger partial charge in [-0.05, 0) is 25.6 Å². The molecule has 1 unspecified atom stereocenters. The van der Waals surface area contributed by atoms with Gasteiger partial charge in [0.1, 0.15) is 6.08 Å². The van der Waals surface area contributed by atoms with Gasteiger partial charge in [-0.3, -0.25) is 4.68 Å². The average molecular weight is 271 g/mol. The summed E-state index contributed by atoms with van der Waals surface area (Å²) in [6.45, 7) is -10.1. The Morgan fingerprint density at radius 3 is 3.05 bits per heavy atom. The van der Waals surface area contributed by atoms with Gasteiger partial charge in [0.2, 0.25) is 0 Å². The van der Waals surface area contributed by atoms with Crippen LogP contribution in [0, 0.1) is 0 Å². The van der Waals surface area contributed by atoms with Crippen molar-refractivity contribution in [3.8, 4) is 0 Å². The van der Waals surface area contributed by atoms with E-state index in [1.54, 1.807) is 18.2 Å². The maximum Gasteiger partial charge on any atom is 0.124 e. The molecule has 0 radical (unpaired) electrons. The summed E-state index contributed by atoms with van der Waals surface area (Å²) in [6.07, 6.45) is -3.07. The Morgan fingerprint density at radius 1 is 1.47 bits per heavy atom. The second-order valence-electron chi connectivity index (χ2n) is 3.69. The van der Waals surface area contributed by atoms with Crippen LogP contribution in [0.1, 0.15) is 33.8 Å². The molecule has 0 aliphatic rings. The lowest BCUT2D eigenvalue weighted by Gasteiger charge is -2.20. The third-order valence-electron chi connectivity index (χ3n) is 2.35. The van der Waals surface area contributed by atoms with Crippen LogP contribution < -0.4 is 0 Å². The van der Waals surface area contributed by atoms with Gasteiger partial charge in [-0.15, -0.1) is 0 Å². The third kappa shape index (κ3) is 3.66. The van der Waals surface area contributed by atoms with E-state index in [9.17, 15) is 0 Å². The Hall–Kier alpha value is -1.65. The zero-order valence-corrected chi connectivity index (χ0v) is 10.1. The second kappa shape index (κ2) is 6.50. The van der Waals surface area contributed by atoms with E-state index >= 15 is 0 Å². The highest BCUT2D eigenvalue weighted by Crippen LogP contribution is 2.25. The van der Waals surface area contributed by atoms with E-state index < -0.39 is 58.1 Å². The zero-order chi connectivity index (χ0) is 23.8. The standard InChI is InChI=1S/C15H21N3O/c1-17(2)11-12-19-15(13-7-5-4-6-8-13)14-9-10-16-18(14)3/h4-10,15H,11-12H2,1-3H3/i1D3,2D3,3D3,9D,10D,15D. The largest absolute Gasteiger partial charge is 0.366 e. The number of ether oxygens (including phenoxy) is 1. The number of benzene rings is 1. The summed E-state index contributed by atoms with van der Waals surface area (Å²) in [4.78, 5) is 0.240. The van der Waals surface area contributed by atoms with E-state index in [-0.39, 0.29) is 10.5 Å². The number of likely N-dealkylation sites (N-methyl/N-ethyl adjacent to an activating group) is 1. The summed E-state index contributed by atoms with van der Waals surface area (Å²) in [5.74, 6) is 0. The van der Waals surface area contributed by atoms with Gasteiger partial charge in [-0.1, -0.05) is 30.3 Å². The van der Waals surface area contributed by atoms with E-state index in [1.807, 2.05) is 0 Å². The van der Waals surface area contributed by atoms with Crippen LogP contribution in [-0.4, -0.2) is 41.8 Å². The van der Waals surface area contributed by atoms with Crippen molar-refractivity contribution in [2.75, 3.05) is 27.1 Å². The summed E-state index contributed by atoms with van der Waals surface area (Å²) in [7, 11) is 0. The van der Waals surface area contributed by atoms with Crippen LogP contribution in [0.5, 0.6) is 0 Å². The highest BCUT2D eigenvalue weighted by molar-refractivity contribution is 5.25. The minimum atomic E-state index is -2.97. The zero-order valence-electron chi connectivity index (χ0n) is 22.1. The number of hydrogen-bond acceptors (Lipinski definition) is 3. The molecule has 0 saturated heterocycles. The van der Waals surface area contributed by atoms with Crippen LogP contribution in [0.4, 0.5) is 0 Å². The molecule has 0 bridgehead atoms. The smallest absolute Gasteiger partial charge is 0.124 e. The molecule has 1 atom stereocenters. The summed E-state index contributed by atoms with van der Waals surface area (Å²) in [5.41, 5.74) is -0.471. The predicted octanol–water partition coefficient (Wildman–Crippen LogP) is 2.09. The first-order chi connectivity index (χ1) is 14.0. The molecule has 19 heavy (non-hydrogen) atoms. The summed E-state index contributed by atoms with van der Waals surface area (Å²) in [6, 6.07) is 6.92. The topological polar surface area (TPSA) is 30.3 Å². The van der Waals surface area contributed by atoms with Gasteiger partial charge < -0.3 is 9.64 Å². The molecule has 4 heteroatoms. The van der Waals surface area contributed by atoms with Gasteiger partial charge in [0.25, 0.3) is 0 Å². The van der Waals surface area contributed by atoms with Crippen LogP contribution in [0.3, 0.4) is 0 Å². The van der Waals surface area contributed by atoms with E-state index in [2.05, 4.69) is 5.10 Å². The van der Waals surface area contributed by atoms with Crippen molar-refractivity contribution >= 4 is 0 Å². The van der Waals surface area contributed by atoms with Gasteiger partial charge in [-0.25, -0.2) is 0 Å². The molecule has 0 saturated carbocycles. The van der Waals surface area contributed by atoms with Crippen LogP contribution in [0.15, 0.2) is 42.5 Å². The van der Waals surface area contributed by atoms with Gasteiger partial charge in [0.15, 0.2) is 0 Å². The molecule has 0 aliphatic heterocycles. The summed E-state index contributed by atoms with van der Waals surface area (Å²) < 4.78 is 98.1. The fourth-order valence-corrected chi connectivity index (χ4v) is 1.50. The van der Waals surface area contributed by atoms with Crippen molar-refractivity contribution in [2.24, 2.45) is 6.98 Å². The van der Waals surface area contributed by atoms with Gasteiger partial charge in [0.05, 0.1) is 16.4 Å². The molecule has 0 spiro atoms. The van der Waals surface area contributed by atoms with Crippen LogP contribution in [-0.2, 0) is 11.7 Å². The van der Waals surface area contributed by atoms with Crippen molar-refractivity contribution in [2.45, 2.75) is 6.08 Å². The molecule has 102 valence electrons. The number of aromatic nitrogens is 2. The van der Waals surface area contributed by atoms with E-state index in [0.29, 0.717) is 4.68 Å². The monoisotopic (exact) mass is 271 g/mol. The van der Waals surface area contributed by atoms with Crippen molar-refractivity contribution in [1.82, 2.24) is 14.7 Å². The first-order valence-electron chi connectivity index (χ1n) is 11.5. The lowest BCUT2D eigenvalue weighted by atomic mass is 10.1. The van der Waals surface area contributed by atoms with Gasteiger partial charge in [0, 0.05) is 32.0 Å². The molecule has 1 heterocycles. The summed E-state index contributed by atoms with van der Waals surface area (Å²) >= 11 is 0. The van der Waals surface area contributed by atoms with Crippen LogP contribution in [0.2, 0.25) is 0 Å². The Labute approximate surface area is 131 Å². The highest BCUT2D eigenvalue weighted by Gasteiger charge is 2.17. The van der Waals surface area contributed by atoms with Gasteiger partial charge >= 0.3 is 0 Å². The minimum Gasteiger partial charge on any atom is -0.366 e. The molecule has 2 aromatic rings. The molecule has 0 amide bonds. The molecule has 1 aromatic carbocycles.